The molecule has 9 aromatic carbocycles. The maximum atomic E-state index is 2.48. The highest BCUT2D eigenvalue weighted by Crippen LogP contribution is 2.55. The first kappa shape index (κ1) is 26.3. The Kier molecular flexibility index (Phi) is 5.59. The summed E-state index contributed by atoms with van der Waals surface area (Å²) >= 11 is 0. The average molecular weight is 595 g/mol. The maximum absolute atomic E-state index is 2.48. The minimum Gasteiger partial charge on any atom is -0.0622 e. The van der Waals surface area contributed by atoms with E-state index < -0.39 is 5.41 Å². The SMILES string of the molecule is c1ccc(-c2cc3ccc4cc(C5(c6ccccc6)c6ccccc6-c6ccccc6-c6ccccc65)cc5ccc(c2)c3c45)cc1. The lowest BCUT2D eigenvalue weighted by molar-refractivity contribution is 0.754. The third-order valence-corrected chi connectivity index (χ3v) is 10.5. The molecule has 0 nitrogen and oxygen atoms in total. The molecule has 0 heterocycles. The smallest absolute Gasteiger partial charge is 0.0622 e. The van der Waals surface area contributed by atoms with Crippen LogP contribution in [0.2, 0.25) is 0 Å². The Morgan fingerprint density at radius 3 is 1.19 bits per heavy atom. The van der Waals surface area contributed by atoms with Crippen LogP contribution in [-0.2, 0) is 5.41 Å². The maximum Gasteiger partial charge on any atom is 0.0713 e. The number of benzene rings is 9. The second kappa shape index (κ2) is 10.0. The zero-order valence-electron chi connectivity index (χ0n) is 25.8. The van der Waals surface area contributed by atoms with Crippen LogP contribution in [0.15, 0.2) is 182 Å². The van der Waals surface area contributed by atoms with Crippen molar-refractivity contribution in [3.05, 3.63) is 204 Å². The first-order valence-electron chi connectivity index (χ1n) is 16.4. The Hall–Kier alpha value is -5.98. The minimum atomic E-state index is -0.543. The summed E-state index contributed by atoms with van der Waals surface area (Å²) in [7, 11) is 0. The van der Waals surface area contributed by atoms with Gasteiger partial charge in [0.2, 0.25) is 0 Å². The van der Waals surface area contributed by atoms with Gasteiger partial charge in [0.25, 0.3) is 0 Å². The van der Waals surface area contributed by atoms with Crippen LogP contribution in [0.3, 0.4) is 0 Å². The van der Waals surface area contributed by atoms with E-state index in [0.717, 1.165) is 0 Å². The molecule has 47 heavy (non-hydrogen) atoms. The summed E-state index contributed by atoms with van der Waals surface area (Å²) in [6.07, 6.45) is 0. The van der Waals surface area contributed by atoms with Crippen LogP contribution in [-0.4, -0.2) is 0 Å². The fraction of sp³-hybridized carbons (Fsp3) is 0.0213. The van der Waals surface area contributed by atoms with E-state index in [4.69, 9.17) is 0 Å². The van der Waals surface area contributed by atoms with E-state index in [-0.39, 0.29) is 0 Å². The summed E-state index contributed by atoms with van der Waals surface area (Å²) in [6.45, 7) is 0. The molecule has 0 atom stereocenters. The lowest BCUT2D eigenvalue weighted by Gasteiger charge is -2.38. The molecule has 0 unspecified atom stereocenters. The summed E-state index contributed by atoms with van der Waals surface area (Å²) in [5, 5.41) is 7.79. The Morgan fingerprint density at radius 1 is 0.277 bits per heavy atom. The van der Waals surface area contributed by atoms with E-state index in [0.29, 0.717) is 0 Å². The molecule has 9 aromatic rings. The third kappa shape index (κ3) is 3.70. The van der Waals surface area contributed by atoms with E-state index in [1.807, 2.05) is 0 Å². The monoisotopic (exact) mass is 594 g/mol. The summed E-state index contributed by atoms with van der Waals surface area (Å²) in [5.41, 5.74) is 12.2. The van der Waals surface area contributed by atoms with E-state index in [2.05, 4.69) is 182 Å². The molecule has 0 N–H and O–H groups in total. The second-order valence-electron chi connectivity index (χ2n) is 12.8. The Morgan fingerprint density at radius 2 is 0.681 bits per heavy atom. The van der Waals surface area contributed by atoms with E-state index in [1.54, 1.807) is 0 Å². The molecule has 0 aromatic heterocycles. The van der Waals surface area contributed by atoms with Crippen molar-refractivity contribution >= 4 is 32.3 Å². The normalized spacial score (nSPS) is 13.3. The second-order valence-corrected chi connectivity index (χ2v) is 12.8. The van der Waals surface area contributed by atoms with Crippen molar-refractivity contribution in [2.24, 2.45) is 0 Å². The predicted octanol–water partition coefficient (Wildman–Crippen LogP) is 12.3. The zero-order valence-corrected chi connectivity index (χ0v) is 25.8. The van der Waals surface area contributed by atoms with Crippen molar-refractivity contribution in [2.75, 3.05) is 0 Å². The van der Waals surface area contributed by atoms with Gasteiger partial charge in [-0.1, -0.05) is 158 Å². The summed E-state index contributed by atoms with van der Waals surface area (Å²) in [6, 6.07) is 67.9. The molecule has 0 aliphatic heterocycles. The molecule has 0 bridgehead atoms. The minimum absolute atomic E-state index is 0.543. The van der Waals surface area contributed by atoms with Crippen LogP contribution in [0.4, 0.5) is 0 Å². The predicted molar refractivity (Wildman–Crippen MR) is 198 cm³/mol. The molecule has 0 heteroatoms. The molecule has 218 valence electrons. The standard InChI is InChI=1S/C47H30/c1-3-13-31(14-4-1)36-27-32-23-25-34-29-38(30-35-26-24-33(28-36)45(32)46(34)35)47(37-15-5-2-6-16-37)43-21-11-9-19-41(43)39-17-7-8-18-40(39)42-20-10-12-22-44(42)47/h1-30H. The van der Waals surface area contributed by atoms with E-state index >= 15 is 0 Å². The van der Waals surface area contributed by atoms with Crippen molar-refractivity contribution in [3.8, 4) is 33.4 Å². The summed E-state index contributed by atoms with van der Waals surface area (Å²) in [4.78, 5) is 0. The van der Waals surface area contributed by atoms with Crippen molar-refractivity contribution in [3.63, 3.8) is 0 Å². The highest BCUT2D eigenvalue weighted by molar-refractivity contribution is 6.24. The molecule has 0 saturated heterocycles. The fourth-order valence-corrected chi connectivity index (χ4v) is 8.52. The van der Waals surface area contributed by atoms with Crippen molar-refractivity contribution in [2.45, 2.75) is 5.41 Å². The molecule has 0 fully saturated rings. The highest BCUT2D eigenvalue weighted by atomic mass is 14.4. The lowest BCUT2D eigenvalue weighted by Crippen LogP contribution is -2.31. The van der Waals surface area contributed by atoms with Gasteiger partial charge in [-0.15, -0.1) is 0 Å². The van der Waals surface area contributed by atoms with Gasteiger partial charge < -0.3 is 0 Å². The van der Waals surface area contributed by atoms with Crippen molar-refractivity contribution in [1.82, 2.24) is 0 Å². The molecular weight excluding hydrogens is 565 g/mol. The van der Waals surface area contributed by atoms with Crippen molar-refractivity contribution < 1.29 is 0 Å². The molecule has 0 saturated carbocycles. The Bertz CT molecular complexity index is 2480. The van der Waals surface area contributed by atoms with Gasteiger partial charge in [-0.25, -0.2) is 0 Å². The van der Waals surface area contributed by atoms with Crippen molar-refractivity contribution in [1.29, 1.82) is 0 Å². The first-order chi connectivity index (χ1) is 23.3. The fourth-order valence-electron chi connectivity index (χ4n) is 8.52. The molecule has 1 aliphatic rings. The molecule has 10 rings (SSSR count). The van der Waals surface area contributed by atoms with Gasteiger partial charge >= 0.3 is 0 Å². The van der Waals surface area contributed by atoms with E-state index in [9.17, 15) is 0 Å². The van der Waals surface area contributed by atoms with Gasteiger partial charge in [-0.05, 0) is 112 Å². The van der Waals surface area contributed by atoms with E-state index in [1.165, 1.54) is 88.0 Å². The molecular formula is C47H30. The van der Waals surface area contributed by atoms with Crippen LogP contribution in [0.1, 0.15) is 22.3 Å². The number of hydrogen-bond donors (Lipinski definition) is 0. The van der Waals surface area contributed by atoms with Crippen LogP contribution in [0.25, 0.3) is 65.7 Å². The van der Waals surface area contributed by atoms with Gasteiger partial charge in [-0.3, -0.25) is 0 Å². The summed E-state index contributed by atoms with van der Waals surface area (Å²) < 4.78 is 0. The molecule has 0 amide bonds. The average Bonchev–Trinajstić information content (AvgIpc) is 3.26. The van der Waals surface area contributed by atoms with Crippen LogP contribution < -0.4 is 0 Å². The Labute approximate surface area is 274 Å². The molecule has 0 spiro atoms. The number of rotatable bonds is 3. The topological polar surface area (TPSA) is 0 Å². The lowest BCUT2D eigenvalue weighted by atomic mass is 9.63. The largest absolute Gasteiger partial charge is 0.0713 e. The van der Waals surface area contributed by atoms with Gasteiger partial charge in [0.1, 0.15) is 0 Å². The molecule has 1 aliphatic carbocycles. The van der Waals surface area contributed by atoms with Crippen LogP contribution in [0, 0.1) is 0 Å². The van der Waals surface area contributed by atoms with Crippen LogP contribution in [0.5, 0.6) is 0 Å². The third-order valence-electron chi connectivity index (χ3n) is 10.5. The first-order valence-corrected chi connectivity index (χ1v) is 16.4. The van der Waals surface area contributed by atoms with Gasteiger partial charge in [0.15, 0.2) is 0 Å². The Balaban J connectivity index is 1.33. The number of hydrogen-bond acceptors (Lipinski definition) is 0. The zero-order chi connectivity index (χ0) is 31.0. The summed E-state index contributed by atoms with van der Waals surface area (Å²) in [5.74, 6) is 0. The number of fused-ring (bicyclic) bond motifs is 5. The quantitative estimate of drug-likeness (QED) is 0.179. The van der Waals surface area contributed by atoms with Crippen LogP contribution >= 0.6 is 0 Å². The van der Waals surface area contributed by atoms with Gasteiger partial charge in [-0.2, -0.15) is 0 Å². The highest BCUT2D eigenvalue weighted by Gasteiger charge is 2.43. The van der Waals surface area contributed by atoms with Gasteiger partial charge in [0, 0.05) is 0 Å². The van der Waals surface area contributed by atoms with Gasteiger partial charge in [0.05, 0.1) is 5.41 Å². The molecule has 0 radical (unpaired) electrons.